The van der Waals surface area contributed by atoms with Crippen molar-refractivity contribution in [2.75, 3.05) is 20.8 Å². The summed E-state index contributed by atoms with van der Waals surface area (Å²) in [5, 5.41) is 9.73. The molecule has 0 saturated heterocycles. The number of benzene rings is 2. The molecule has 0 bridgehead atoms. The number of hydrogen-bond donors (Lipinski definition) is 1. The van der Waals surface area contributed by atoms with Gasteiger partial charge in [-0.15, -0.1) is 0 Å². The Morgan fingerprint density at radius 3 is 1.51 bits per heavy atom. The quantitative estimate of drug-likeness (QED) is 0.185. The molecule has 0 unspecified atom stereocenters. The van der Waals surface area contributed by atoms with E-state index in [9.17, 15) is 24.3 Å². The number of nitrogens with zero attached hydrogens (tertiary/aromatic N) is 2. The number of phenols is 1. The lowest BCUT2D eigenvalue weighted by Crippen LogP contribution is -2.18. The summed E-state index contributed by atoms with van der Waals surface area (Å²) < 4.78 is 19.3. The fourth-order valence-corrected chi connectivity index (χ4v) is 4.72. The molecule has 4 aromatic rings. The van der Waals surface area contributed by atoms with E-state index < -0.39 is 0 Å². The highest BCUT2D eigenvalue weighted by atomic mass is 16.5. The smallest absolute Gasteiger partial charge is 0.182 e. The predicted octanol–water partition coefficient (Wildman–Crippen LogP) is 4.98. The second kappa shape index (κ2) is 15.4. The van der Waals surface area contributed by atoms with Crippen molar-refractivity contribution >= 4 is 11.6 Å². The van der Waals surface area contributed by atoms with Gasteiger partial charge >= 0.3 is 0 Å². The number of hydrogen-bond acceptors (Lipinski definition) is 8. The molecule has 0 amide bonds. The van der Waals surface area contributed by atoms with Gasteiger partial charge in [0.1, 0.15) is 6.61 Å². The van der Waals surface area contributed by atoms with Crippen LogP contribution in [-0.4, -0.2) is 46.6 Å². The van der Waals surface area contributed by atoms with Crippen molar-refractivity contribution in [3.63, 3.8) is 0 Å². The Balaban J connectivity index is 0.000000248. The number of carbonyl (C=O) groups is 2. The molecule has 0 saturated carbocycles. The molecular weight excluding hydrogens is 576 g/mol. The number of Topliss-reactive ketones (excluding diaryl/α,β-unsaturated/α-hetero) is 2. The first-order chi connectivity index (χ1) is 21.4. The first kappa shape index (κ1) is 34.1. The number of ether oxygens (including phenoxy) is 3. The van der Waals surface area contributed by atoms with Crippen molar-refractivity contribution in [3.05, 3.63) is 128 Å². The summed E-state index contributed by atoms with van der Waals surface area (Å²) in [7, 11) is 2.99. The Hall–Kier alpha value is -5.38. The number of aryl methyl sites for hydroxylation is 4. The number of aromatic nitrogens is 2. The number of phenolic OH excluding ortho intramolecular Hbond substituents is 1. The second-order valence-electron chi connectivity index (χ2n) is 10.3. The molecule has 0 fully saturated rings. The maximum Gasteiger partial charge on any atom is 0.182 e. The molecular formula is C35H38N2O8. The Bertz CT molecular complexity index is 1780. The van der Waals surface area contributed by atoms with Crippen LogP contribution in [0.5, 0.6) is 23.0 Å². The highest BCUT2D eigenvalue weighted by Crippen LogP contribution is 2.29. The van der Waals surface area contributed by atoms with E-state index in [4.69, 9.17) is 14.2 Å². The van der Waals surface area contributed by atoms with Gasteiger partial charge in [-0.25, -0.2) is 0 Å². The van der Waals surface area contributed by atoms with Crippen molar-refractivity contribution in [2.24, 2.45) is 0 Å². The second-order valence-corrected chi connectivity index (χ2v) is 10.3. The minimum Gasteiger partial charge on any atom is -0.504 e. The van der Waals surface area contributed by atoms with Gasteiger partial charge < -0.3 is 28.5 Å². The van der Waals surface area contributed by atoms with E-state index >= 15 is 0 Å². The van der Waals surface area contributed by atoms with E-state index in [1.54, 1.807) is 61.9 Å². The molecule has 0 aliphatic carbocycles. The third kappa shape index (κ3) is 8.82. The van der Waals surface area contributed by atoms with Gasteiger partial charge in [-0.1, -0.05) is 12.7 Å². The lowest BCUT2D eigenvalue weighted by molar-refractivity contribution is 0.0962. The van der Waals surface area contributed by atoms with E-state index in [1.165, 1.54) is 37.4 Å². The van der Waals surface area contributed by atoms with Crippen molar-refractivity contribution in [1.29, 1.82) is 0 Å². The molecule has 4 rings (SSSR count). The summed E-state index contributed by atoms with van der Waals surface area (Å²) in [5.74, 6) is 1.08. The minimum atomic E-state index is -0.150. The Kier molecular flexibility index (Phi) is 11.7. The molecule has 2 heterocycles. The Morgan fingerprint density at radius 2 is 1.11 bits per heavy atom. The third-order valence-corrected chi connectivity index (χ3v) is 7.05. The van der Waals surface area contributed by atoms with Crippen LogP contribution >= 0.6 is 0 Å². The largest absolute Gasteiger partial charge is 0.504 e. The van der Waals surface area contributed by atoms with Crippen LogP contribution in [0.25, 0.3) is 0 Å². The van der Waals surface area contributed by atoms with Crippen LogP contribution in [0.2, 0.25) is 0 Å². The minimum absolute atomic E-state index is 0.0572. The summed E-state index contributed by atoms with van der Waals surface area (Å²) in [6.07, 6.45) is 1.63. The topological polar surface area (TPSA) is 126 Å². The van der Waals surface area contributed by atoms with Crippen LogP contribution < -0.4 is 25.1 Å². The molecule has 0 atom stereocenters. The molecule has 10 nitrogen and oxygen atoms in total. The van der Waals surface area contributed by atoms with Gasteiger partial charge in [0, 0.05) is 58.2 Å². The molecule has 45 heavy (non-hydrogen) atoms. The van der Waals surface area contributed by atoms with Crippen LogP contribution in [0.3, 0.4) is 0 Å². The van der Waals surface area contributed by atoms with Crippen LogP contribution in [0.1, 0.15) is 43.5 Å². The van der Waals surface area contributed by atoms with E-state index in [1.807, 2.05) is 18.4 Å². The summed E-state index contributed by atoms with van der Waals surface area (Å²) in [5.41, 5.74) is 3.75. The van der Waals surface area contributed by atoms with Crippen molar-refractivity contribution < 1.29 is 28.9 Å². The van der Waals surface area contributed by atoms with Gasteiger partial charge in [0.25, 0.3) is 0 Å². The summed E-state index contributed by atoms with van der Waals surface area (Å²) in [4.78, 5) is 47.8. The maximum atomic E-state index is 12.6. The zero-order valence-electron chi connectivity index (χ0n) is 26.4. The molecule has 236 valence electrons. The van der Waals surface area contributed by atoms with E-state index in [2.05, 4.69) is 6.58 Å². The van der Waals surface area contributed by atoms with Crippen LogP contribution in [0, 0.1) is 27.7 Å². The number of carbonyl (C=O) groups excluding carboxylic acids is 2. The zero-order valence-corrected chi connectivity index (χ0v) is 26.4. The SMILES string of the molecule is C=CCOc1cc(C(=O)Cn2c(C)cc(=O)cc2C)ccc1OC.COc1ccc(C(=O)Cn2c(C)cc(=O)cc2C)cc1O. The Labute approximate surface area is 261 Å². The average Bonchev–Trinajstić information content (AvgIpc) is 2.99. The van der Waals surface area contributed by atoms with Crippen LogP contribution in [0.4, 0.5) is 0 Å². The molecule has 0 spiro atoms. The zero-order chi connectivity index (χ0) is 33.3. The number of methoxy groups -OCH3 is 2. The van der Waals surface area contributed by atoms with E-state index in [0.29, 0.717) is 35.0 Å². The number of ketones is 2. The van der Waals surface area contributed by atoms with Crippen LogP contribution in [-0.2, 0) is 13.1 Å². The molecule has 0 aliphatic heterocycles. The van der Waals surface area contributed by atoms with Gasteiger partial charge in [0.2, 0.25) is 0 Å². The lowest BCUT2D eigenvalue weighted by Gasteiger charge is -2.14. The third-order valence-electron chi connectivity index (χ3n) is 7.05. The first-order valence-corrected chi connectivity index (χ1v) is 14.1. The fourth-order valence-electron chi connectivity index (χ4n) is 4.72. The number of rotatable bonds is 11. The van der Waals surface area contributed by atoms with Gasteiger partial charge in [0.15, 0.2) is 45.4 Å². The standard InChI is InChI=1S/C19H21NO4.C16H17NO4/c1-5-8-24-19-11-15(6-7-18(19)23-4)17(22)12-20-13(2)9-16(21)10-14(20)3;1-10-6-13(18)7-11(2)17(10)9-15(20)12-4-5-16(21-3)14(19)8-12/h5-7,9-11H,1,8,12H2,2-4H3;4-8,19H,9H2,1-3H3. The van der Waals surface area contributed by atoms with Gasteiger partial charge in [-0.2, -0.15) is 0 Å². The summed E-state index contributed by atoms with van der Waals surface area (Å²) >= 11 is 0. The lowest BCUT2D eigenvalue weighted by atomic mass is 10.1. The van der Waals surface area contributed by atoms with E-state index in [0.717, 1.165) is 22.8 Å². The average molecular weight is 615 g/mol. The predicted molar refractivity (Wildman–Crippen MR) is 172 cm³/mol. The molecule has 2 aromatic heterocycles. The first-order valence-electron chi connectivity index (χ1n) is 14.1. The number of aromatic hydroxyl groups is 1. The normalized spacial score (nSPS) is 10.4. The summed E-state index contributed by atoms with van der Waals surface area (Å²) in [6.45, 7) is 11.4. The molecule has 0 aliphatic rings. The van der Waals surface area contributed by atoms with Gasteiger partial charge in [-0.3, -0.25) is 19.2 Å². The summed E-state index contributed by atoms with van der Waals surface area (Å²) in [6, 6.07) is 15.6. The molecule has 2 aromatic carbocycles. The molecule has 10 heteroatoms. The fraction of sp³-hybridized carbons (Fsp3) is 0.257. The van der Waals surface area contributed by atoms with Gasteiger partial charge in [0.05, 0.1) is 27.3 Å². The monoisotopic (exact) mass is 614 g/mol. The highest BCUT2D eigenvalue weighted by molar-refractivity contribution is 5.97. The highest BCUT2D eigenvalue weighted by Gasteiger charge is 2.14. The van der Waals surface area contributed by atoms with E-state index in [-0.39, 0.29) is 41.3 Å². The maximum absolute atomic E-state index is 12.6. The molecule has 0 radical (unpaired) electrons. The van der Waals surface area contributed by atoms with Crippen molar-refractivity contribution in [2.45, 2.75) is 40.8 Å². The van der Waals surface area contributed by atoms with Crippen LogP contribution in [0.15, 0.2) is 82.9 Å². The molecule has 1 N–H and O–H groups in total. The Morgan fingerprint density at radius 1 is 0.689 bits per heavy atom. The van der Waals surface area contributed by atoms with Crippen molar-refractivity contribution in [1.82, 2.24) is 9.13 Å². The van der Waals surface area contributed by atoms with Gasteiger partial charge in [-0.05, 0) is 64.1 Å². The van der Waals surface area contributed by atoms with Crippen molar-refractivity contribution in [3.8, 4) is 23.0 Å². The number of pyridine rings is 2.